The second-order valence-corrected chi connectivity index (χ2v) is 5.90. The van der Waals surface area contributed by atoms with E-state index in [1.807, 2.05) is 17.0 Å². The zero-order valence-electron chi connectivity index (χ0n) is 14.2. The van der Waals surface area contributed by atoms with Gasteiger partial charge in [-0.1, -0.05) is 12.1 Å². The average Bonchev–Trinajstić information content (AvgIpc) is 2.71. The predicted molar refractivity (Wildman–Crippen MR) is 87.3 cm³/mol. The van der Waals surface area contributed by atoms with Crippen molar-refractivity contribution in [1.82, 2.24) is 4.90 Å². The summed E-state index contributed by atoms with van der Waals surface area (Å²) in [6.07, 6.45) is 0. The van der Waals surface area contributed by atoms with Crippen LogP contribution >= 0.6 is 0 Å². The lowest BCUT2D eigenvalue weighted by Crippen LogP contribution is -2.49. The van der Waals surface area contributed by atoms with Crippen molar-refractivity contribution in [3.63, 3.8) is 0 Å². The van der Waals surface area contributed by atoms with E-state index in [9.17, 15) is 26.7 Å². The Hall–Kier alpha value is -2.84. The Bertz CT molecular complexity index is 853. The van der Waals surface area contributed by atoms with Gasteiger partial charge in [-0.25, -0.2) is 22.0 Å². The molecule has 0 aliphatic carbocycles. The van der Waals surface area contributed by atoms with E-state index in [4.69, 9.17) is 4.74 Å². The molecule has 27 heavy (non-hydrogen) atoms. The van der Waals surface area contributed by atoms with Crippen LogP contribution in [0.2, 0.25) is 0 Å². The van der Waals surface area contributed by atoms with Gasteiger partial charge in [0, 0.05) is 26.2 Å². The van der Waals surface area contributed by atoms with Crippen molar-refractivity contribution in [3.05, 3.63) is 58.9 Å². The van der Waals surface area contributed by atoms with Gasteiger partial charge in [0.25, 0.3) is 5.91 Å². The van der Waals surface area contributed by atoms with Crippen LogP contribution in [0.25, 0.3) is 0 Å². The first-order valence-electron chi connectivity index (χ1n) is 8.05. The topological polar surface area (TPSA) is 32.8 Å². The summed E-state index contributed by atoms with van der Waals surface area (Å²) >= 11 is 0. The van der Waals surface area contributed by atoms with Gasteiger partial charge < -0.3 is 14.5 Å². The molecular formula is C18H15F5N2O2. The maximum absolute atomic E-state index is 13.9. The van der Waals surface area contributed by atoms with Crippen molar-refractivity contribution in [3.8, 4) is 5.75 Å². The number of amides is 1. The van der Waals surface area contributed by atoms with E-state index in [-0.39, 0.29) is 13.1 Å². The van der Waals surface area contributed by atoms with Crippen molar-refractivity contribution < 1.29 is 31.5 Å². The van der Waals surface area contributed by atoms with Crippen LogP contribution in [0.4, 0.5) is 27.6 Å². The normalized spacial score (nSPS) is 14.4. The van der Waals surface area contributed by atoms with Gasteiger partial charge in [-0.15, -0.1) is 0 Å². The predicted octanol–water partition coefficient (Wildman–Crippen LogP) is 3.35. The molecule has 3 rings (SSSR count). The molecule has 2 aromatic carbocycles. The highest BCUT2D eigenvalue weighted by atomic mass is 19.2. The van der Waals surface area contributed by atoms with Crippen molar-refractivity contribution in [1.29, 1.82) is 0 Å². The summed E-state index contributed by atoms with van der Waals surface area (Å²) in [6.45, 7) is 0.718. The number of nitrogens with zero attached hydrogens (tertiary/aromatic N) is 2. The fourth-order valence-electron chi connectivity index (χ4n) is 2.99. The number of para-hydroxylation sites is 2. The molecule has 0 saturated carbocycles. The molecule has 0 unspecified atom stereocenters. The number of ether oxygens (including phenoxy) is 1. The van der Waals surface area contributed by atoms with Gasteiger partial charge in [0.15, 0.2) is 23.3 Å². The molecule has 0 bridgehead atoms. The van der Waals surface area contributed by atoms with E-state index in [2.05, 4.69) is 0 Å². The van der Waals surface area contributed by atoms with Crippen molar-refractivity contribution in [2.75, 3.05) is 38.2 Å². The number of hydrogen-bond donors (Lipinski definition) is 0. The van der Waals surface area contributed by atoms with E-state index in [1.165, 1.54) is 7.11 Å². The zero-order chi connectivity index (χ0) is 19.7. The molecule has 2 aromatic rings. The first-order chi connectivity index (χ1) is 12.9. The fourth-order valence-corrected chi connectivity index (χ4v) is 2.99. The van der Waals surface area contributed by atoms with Gasteiger partial charge in [-0.05, 0) is 12.1 Å². The molecule has 0 N–H and O–H groups in total. The molecule has 1 heterocycles. The Kier molecular flexibility index (Phi) is 5.20. The number of rotatable bonds is 3. The van der Waals surface area contributed by atoms with Crippen LogP contribution in [0.1, 0.15) is 10.4 Å². The van der Waals surface area contributed by atoms with Gasteiger partial charge in [0.1, 0.15) is 11.3 Å². The number of methoxy groups -OCH3 is 1. The Morgan fingerprint density at radius 3 is 1.93 bits per heavy atom. The van der Waals surface area contributed by atoms with Gasteiger partial charge in [0.2, 0.25) is 5.82 Å². The van der Waals surface area contributed by atoms with Crippen molar-refractivity contribution >= 4 is 11.6 Å². The van der Waals surface area contributed by atoms with E-state index in [1.54, 1.807) is 12.1 Å². The van der Waals surface area contributed by atoms with Crippen molar-refractivity contribution in [2.24, 2.45) is 0 Å². The SMILES string of the molecule is COc1ccccc1N1CCN(C(=O)c2c(F)c(F)c(F)c(F)c2F)CC1. The summed E-state index contributed by atoms with van der Waals surface area (Å²) in [4.78, 5) is 15.3. The number of anilines is 1. The minimum absolute atomic E-state index is 0.0520. The molecule has 1 amide bonds. The first kappa shape index (κ1) is 18.9. The van der Waals surface area contributed by atoms with Gasteiger partial charge >= 0.3 is 0 Å². The van der Waals surface area contributed by atoms with E-state index < -0.39 is 40.6 Å². The number of carbonyl (C=O) groups is 1. The summed E-state index contributed by atoms with van der Waals surface area (Å²) in [5.41, 5.74) is -0.652. The lowest BCUT2D eigenvalue weighted by molar-refractivity contribution is 0.0733. The Morgan fingerprint density at radius 1 is 0.852 bits per heavy atom. The Morgan fingerprint density at radius 2 is 1.37 bits per heavy atom. The first-order valence-corrected chi connectivity index (χ1v) is 8.05. The second-order valence-electron chi connectivity index (χ2n) is 5.90. The van der Waals surface area contributed by atoms with Crippen LogP contribution in [-0.2, 0) is 0 Å². The molecule has 4 nitrogen and oxygen atoms in total. The molecule has 1 aliphatic heterocycles. The summed E-state index contributed by atoms with van der Waals surface area (Å²) < 4.78 is 72.8. The number of benzene rings is 2. The second kappa shape index (κ2) is 7.42. The molecule has 9 heteroatoms. The molecular weight excluding hydrogens is 371 g/mol. The van der Waals surface area contributed by atoms with E-state index in [0.717, 1.165) is 10.6 Å². The number of piperazine rings is 1. The van der Waals surface area contributed by atoms with Gasteiger partial charge in [0.05, 0.1) is 12.8 Å². The number of hydrogen-bond acceptors (Lipinski definition) is 3. The molecule has 144 valence electrons. The molecule has 1 saturated heterocycles. The third-order valence-corrected chi connectivity index (χ3v) is 4.42. The highest BCUT2D eigenvalue weighted by molar-refractivity contribution is 5.95. The Labute approximate surface area is 151 Å². The molecule has 1 aliphatic rings. The van der Waals surface area contributed by atoms with Crippen LogP contribution in [0, 0.1) is 29.1 Å². The smallest absolute Gasteiger partial charge is 0.260 e. The number of halogens is 5. The summed E-state index contributed by atoms with van der Waals surface area (Å²) in [5.74, 6) is -11.4. The van der Waals surface area contributed by atoms with Gasteiger partial charge in [-0.3, -0.25) is 4.79 Å². The van der Waals surface area contributed by atoms with Crippen LogP contribution < -0.4 is 9.64 Å². The Balaban J connectivity index is 1.80. The molecule has 1 fully saturated rings. The summed E-state index contributed by atoms with van der Waals surface area (Å²) in [6, 6.07) is 7.19. The van der Waals surface area contributed by atoms with E-state index >= 15 is 0 Å². The monoisotopic (exact) mass is 386 g/mol. The highest BCUT2D eigenvalue weighted by Gasteiger charge is 2.33. The third-order valence-electron chi connectivity index (χ3n) is 4.42. The fraction of sp³-hybridized carbons (Fsp3) is 0.278. The van der Waals surface area contributed by atoms with Gasteiger partial charge in [-0.2, -0.15) is 0 Å². The summed E-state index contributed by atoms with van der Waals surface area (Å²) in [7, 11) is 1.52. The number of carbonyl (C=O) groups excluding carboxylic acids is 1. The van der Waals surface area contributed by atoms with Crippen LogP contribution in [0.5, 0.6) is 5.75 Å². The molecule has 0 radical (unpaired) electrons. The zero-order valence-corrected chi connectivity index (χ0v) is 14.2. The standard InChI is InChI=1S/C18H15F5N2O2/c1-27-11-5-3-2-4-10(11)24-6-8-25(9-7-24)18(26)12-13(19)15(21)17(23)16(22)14(12)20/h2-5H,6-9H2,1H3. The lowest BCUT2D eigenvalue weighted by Gasteiger charge is -2.36. The average molecular weight is 386 g/mol. The maximum Gasteiger partial charge on any atom is 0.260 e. The molecule has 0 spiro atoms. The summed E-state index contributed by atoms with van der Waals surface area (Å²) in [5, 5.41) is 0. The lowest BCUT2D eigenvalue weighted by atomic mass is 10.1. The van der Waals surface area contributed by atoms with Crippen LogP contribution in [0.15, 0.2) is 24.3 Å². The maximum atomic E-state index is 13.9. The largest absolute Gasteiger partial charge is 0.495 e. The minimum Gasteiger partial charge on any atom is -0.495 e. The minimum atomic E-state index is -2.29. The van der Waals surface area contributed by atoms with Crippen molar-refractivity contribution in [2.45, 2.75) is 0 Å². The molecule has 0 aromatic heterocycles. The quantitative estimate of drug-likeness (QED) is 0.461. The third kappa shape index (κ3) is 3.29. The van der Waals surface area contributed by atoms with E-state index in [0.29, 0.717) is 18.8 Å². The van der Waals surface area contributed by atoms with Crippen LogP contribution in [0.3, 0.4) is 0 Å². The molecule has 0 atom stereocenters. The highest BCUT2D eigenvalue weighted by Crippen LogP contribution is 2.29. The van der Waals surface area contributed by atoms with Crippen LogP contribution in [-0.4, -0.2) is 44.1 Å².